The largest absolute Gasteiger partial charge is 0.490 e. The molecule has 3 heterocycles. The summed E-state index contributed by atoms with van der Waals surface area (Å²) in [7, 11) is -6.66. The number of sulfone groups is 1. The predicted molar refractivity (Wildman–Crippen MR) is 108 cm³/mol. The highest BCUT2D eigenvalue weighted by atomic mass is 32.2. The van der Waals surface area contributed by atoms with Crippen LogP contribution in [0.3, 0.4) is 0 Å². The van der Waals surface area contributed by atoms with E-state index >= 15 is 0 Å². The van der Waals surface area contributed by atoms with Crippen molar-refractivity contribution < 1.29 is 44.6 Å². The summed E-state index contributed by atoms with van der Waals surface area (Å²) in [4.78, 5) is 13.1. The molecule has 1 unspecified atom stereocenters. The molecule has 0 radical (unpaired) electrons. The van der Waals surface area contributed by atoms with Crippen molar-refractivity contribution in [2.24, 2.45) is 5.92 Å². The summed E-state index contributed by atoms with van der Waals surface area (Å²) < 4.78 is 87.2. The van der Waals surface area contributed by atoms with Crippen LogP contribution < -0.4 is 0 Å². The molecule has 1 atom stereocenters. The standard InChI is InChI=1S/C16H24N2O5S2.C2HF3O2/c1-2-8-25(21,22)18-12-16(13-18)14(6-9-24(16,19)20)10-23-11-15-5-3-4-7-17-15;3-2(4,5)1(6)7/h3-5,7,14H,2,6,8-13H2,1H3;(H,6,7). The Morgan fingerprint density at radius 1 is 1.34 bits per heavy atom. The Balaban J connectivity index is 0.000000451. The van der Waals surface area contributed by atoms with Gasteiger partial charge in [-0.2, -0.15) is 17.5 Å². The number of hydrogen-bond donors (Lipinski definition) is 1. The second-order valence-corrected chi connectivity index (χ2v) is 12.1. The molecule has 0 amide bonds. The lowest BCUT2D eigenvalue weighted by Crippen LogP contribution is -2.68. The normalized spacial score (nSPS) is 22.1. The van der Waals surface area contributed by atoms with E-state index in [1.54, 1.807) is 13.1 Å². The Bertz CT molecular complexity index is 993. The summed E-state index contributed by atoms with van der Waals surface area (Å²) in [6.07, 6.45) is -2.36. The zero-order valence-electron chi connectivity index (χ0n) is 17.3. The Labute approximate surface area is 184 Å². The Morgan fingerprint density at radius 3 is 2.47 bits per heavy atom. The summed E-state index contributed by atoms with van der Waals surface area (Å²) in [5, 5.41) is 7.12. The maximum absolute atomic E-state index is 12.6. The summed E-state index contributed by atoms with van der Waals surface area (Å²) in [6.45, 7) is 2.56. The monoisotopic (exact) mass is 502 g/mol. The fourth-order valence-corrected chi connectivity index (χ4v) is 7.82. The van der Waals surface area contributed by atoms with E-state index < -0.39 is 36.8 Å². The second kappa shape index (κ2) is 10.0. The zero-order valence-corrected chi connectivity index (χ0v) is 18.9. The average Bonchev–Trinajstić information content (AvgIpc) is 2.91. The predicted octanol–water partition coefficient (Wildman–Crippen LogP) is 1.46. The molecular weight excluding hydrogens is 477 g/mol. The number of rotatable bonds is 7. The number of aliphatic carboxylic acids is 1. The van der Waals surface area contributed by atoms with E-state index in [0.717, 1.165) is 5.69 Å². The smallest absolute Gasteiger partial charge is 0.475 e. The van der Waals surface area contributed by atoms with E-state index in [4.69, 9.17) is 14.6 Å². The number of hydrogen-bond acceptors (Lipinski definition) is 7. The minimum atomic E-state index is -5.08. The molecule has 2 saturated heterocycles. The van der Waals surface area contributed by atoms with Crippen LogP contribution in [0.25, 0.3) is 0 Å². The van der Waals surface area contributed by atoms with Crippen molar-refractivity contribution >= 4 is 25.8 Å². The van der Waals surface area contributed by atoms with Crippen LogP contribution in [-0.2, 0) is 36.0 Å². The molecule has 2 fully saturated rings. The second-order valence-electron chi connectivity index (χ2n) is 7.59. The first-order chi connectivity index (χ1) is 14.7. The van der Waals surface area contributed by atoms with Crippen LogP contribution in [-0.4, -0.2) is 79.3 Å². The van der Waals surface area contributed by atoms with Gasteiger partial charge < -0.3 is 9.84 Å². The van der Waals surface area contributed by atoms with Gasteiger partial charge in [0.25, 0.3) is 0 Å². The van der Waals surface area contributed by atoms with Crippen LogP contribution in [0.4, 0.5) is 13.2 Å². The number of alkyl halides is 3. The molecule has 3 rings (SSSR count). The van der Waals surface area contributed by atoms with E-state index in [2.05, 4.69) is 4.98 Å². The highest BCUT2D eigenvalue weighted by Gasteiger charge is 2.63. The van der Waals surface area contributed by atoms with Crippen LogP contribution in [0, 0.1) is 5.92 Å². The molecule has 1 N–H and O–H groups in total. The van der Waals surface area contributed by atoms with Crippen molar-refractivity contribution in [3.8, 4) is 0 Å². The lowest BCUT2D eigenvalue weighted by molar-refractivity contribution is -0.192. The molecule has 14 heteroatoms. The number of carboxylic acid groups (broad SMARTS) is 1. The first-order valence-electron chi connectivity index (χ1n) is 9.73. The van der Waals surface area contributed by atoms with Crippen LogP contribution in [0.15, 0.2) is 24.4 Å². The average molecular weight is 503 g/mol. The third-order valence-electron chi connectivity index (χ3n) is 5.38. The minimum absolute atomic E-state index is 0.0595. The van der Waals surface area contributed by atoms with E-state index in [1.807, 2.05) is 18.2 Å². The maximum atomic E-state index is 12.6. The van der Waals surface area contributed by atoms with Gasteiger partial charge in [-0.3, -0.25) is 4.98 Å². The van der Waals surface area contributed by atoms with Crippen molar-refractivity contribution in [3.63, 3.8) is 0 Å². The van der Waals surface area contributed by atoms with E-state index in [1.165, 1.54) is 4.31 Å². The molecule has 2 aliphatic heterocycles. The quantitative estimate of drug-likeness (QED) is 0.593. The molecule has 1 aromatic rings. The third kappa shape index (κ3) is 5.97. The number of halogens is 3. The molecule has 182 valence electrons. The molecule has 1 spiro atoms. The highest BCUT2D eigenvalue weighted by Crippen LogP contribution is 2.45. The maximum Gasteiger partial charge on any atom is 0.490 e. The Hall–Kier alpha value is -1.77. The molecule has 0 saturated carbocycles. The lowest BCUT2D eigenvalue weighted by Gasteiger charge is -2.48. The van der Waals surface area contributed by atoms with Crippen LogP contribution in [0.5, 0.6) is 0 Å². The molecule has 1 aromatic heterocycles. The van der Waals surface area contributed by atoms with E-state index in [0.29, 0.717) is 26.1 Å². The van der Waals surface area contributed by atoms with Crippen molar-refractivity contribution in [1.82, 2.24) is 9.29 Å². The summed E-state index contributed by atoms with van der Waals surface area (Å²) in [5.74, 6) is -2.77. The number of carboxylic acids is 1. The fourth-order valence-electron chi connectivity index (χ4n) is 3.63. The van der Waals surface area contributed by atoms with Crippen LogP contribution in [0.1, 0.15) is 25.5 Å². The van der Waals surface area contributed by atoms with Crippen molar-refractivity contribution in [2.45, 2.75) is 37.3 Å². The van der Waals surface area contributed by atoms with Gasteiger partial charge in [0.2, 0.25) is 10.0 Å². The van der Waals surface area contributed by atoms with Crippen molar-refractivity contribution in [2.75, 3.05) is 31.2 Å². The summed E-state index contributed by atoms with van der Waals surface area (Å²) in [5.41, 5.74) is 0.790. The van der Waals surface area contributed by atoms with Gasteiger partial charge in [-0.25, -0.2) is 21.6 Å². The molecule has 0 aliphatic carbocycles. The lowest BCUT2D eigenvalue weighted by atomic mass is 9.85. The molecule has 0 aromatic carbocycles. The van der Waals surface area contributed by atoms with E-state index in [-0.39, 0.29) is 30.5 Å². The Morgan fingerprint density at radius 2 is 1.97 bits per heavy atom. The molecule has 32 heavy (non-hydrogen) atoms. The van der Waals surface area contributed by atoms with Crippen molar-refractivity contribution in [1.29, 1.82) is 0 Å². The number of nitrogens with zero attached hydrogens (tertiary/aromatic N) is 2. The number of carbonyl (C=O) groups is 1. The number of aromatic nitrogens is 1. The van der Waals surface area contributed by atoms with Gasteiger partial charge in [-0.05, 0) is 25.0 Å². The highest BCUT2D eigenvalue weighted by molar-refractivity contribution is 7.93. The molecule has 2 aliphatic rings. The molecular formula is C18H25F3N2O7S2. The topological polar surface area (TPSA) is 131 Å². The fraction of sp³-hybridized carbons (Fsp3) is 0.667. The Kier molecular flexibility index (Phi) is 8.29. The number of pyridine rings is 1. The van der Waals surface area contributed by atoms with Gasteiger partial charge in [0.15, 0.2) is 9.84 Å². The first-order valence-corrected chi connectivity index (χ1v) is 13.0. The molecule has 0 bridgehead atoms. The van der Waals surface area contributed by atoms with Crippen LogP contribution in [0.2, 0.25) is 0 Å². The third-order valence-corrected chi connectivity index (χ3v) is 9.95. The van der Waals surface area contributed by atoms with Crippen LogP contribution >= 0.6 is 0 Å². The molecule has 9 nitrogen and oxygen atoms in total. The minimum Gasteiger partial charge on any atom is -0.475 e. The van der Waals surface area contributed by atoms with Gasteiger partial charge in [0.05, 0.1) is 30.4 Å². The zero-order chi connectivity index (χ0) is 24.2. The summed E-state index contributed by atoms with van der Waals surface area (Å²) in [6, 6.07) is 5.54. The number of ether oxygens (including phenoxy) is 1. The van der Waals surface area contributed by atoms with Crippen molar-refractivity contribution in [3.05, 3.63) is 30.1 Å². The van der Waals surface area contributed by atoms with Gasteiger partial charge >= 0.3 is 12.1 Å². The van der Waals surface area contributed by atoms with E-state index in [9.17, 15) is 30.0 Å². The van der Waals surface area contributed by atoms with Gasteiger partial charge in [0.1, 0.15) is 4.75 Å². The van der Waals surface area contributed by atoms with Gasteiger partial charge in [-0.1, -0.05) is 13.0 Å². The first kappa shape index (κ1) is 26.5. The number of sulfonamides is 1. The summed E-state index contributed by atoms with van der Waals surface area (Å²) >= 11 is 0. The van der Waals surface area contributed by atoms with Gasteiger partial charge in [0, 0.05) is 25.2 Å². The van der Waals surface area contributed by atoms with Gasteiger partial charge in [-0.15, -0.1) is 0 Å². The SMILES string of the molecule is CCCS(=O)(=O)N1CC2(C1)C(COCc1ccccn1)CCS2(=O)=O.O=C(O)C(F)(F)F.